The lowest BCUT2D eigenvalue weighted by Gasteiger charge is -2.17. The zero-order valence-electron chi connectivity index (χ0n) is 14.4. The first-order valence-electron chi connectivity index (χ1n) is 7.74. The van der Waals surface area contributed by atoms with E-state index in [0.717, 1.165) is 23.2 Å². The first-order chi connectivity index (χ1) is 10.9. The Morgan fingerprint density at radius 3 is 2.57 bits per heavy atom. The summed E-state index contributed by atoms with van der Waals surface area (Å²) < 4.78 is 4.92. The third-order valence-corrected chi connectivity index (χ3v) is 3.55. The minimum absolute atomic E-state index is 0.0943. The van der Waals surface area contributed by atoms with Gasteiger partial charge in [0.25, 0.3) is 0 Å². The van der Waals surface area contributed by atoms with Crippen LogP contribution in [0.5, 0.6) is 0 Å². The maximum atomic E-state index is 12.1. The van der Waals surface area contributed by atoms with Gasteiger partial charge in [0.1, 0.15) is 0 Å². The number of benzene rings is 1. The fraction of sp³-hybridized carbons (Fsp3) is 0.529. The number of nitrogens with one attached hydrogen (secondary N) is 2. The van der Waals surface area contributed by atoms with Gasteiger partial charge in [0.15, 0.2) is 0 Å². The molecule has 0 unspecified atom stereocenters. The van der Waals surface area contributed by atoms with Crippen molar-refractivity contribution in [3.05, 3.63) is 29.3 Å². The molecule has 0 saturated carbocycles. The van der Waals surface area contributed by atoms with Crippen LogP contribution in [0.3, 0.4) is 0 Å². The number of amides is 2. The summed E-state index contributed by atoms with van der Waals surface area (Å²) in [5, 5.41) is 5.68. The summed E-state index contributed by atoms with van der Waals surface area (Å²) in [5.41, 5.74) is 3.00. The number of carbonyl (C=O) groups excluding carboxylic acids is 2. The number of anilines is 1. The number of likely N-dealkylation sites (N-methyl/N-ethyl adjacent to an activating group) is 1. The maximum Gasteiger partial charge on any atom is 0.238 e. The van der Waals surface area contributed by atoms with Crippen LogP contribution in [0.1, 0.15) is 17.5 Å². The lowest BCUT2D eigenvalue weighted by Crippen LogP contribution is -2.39. The molecule has 0 aliphatic rings. The molecule has 23 heavy (non-hydrogen) atoms. The summed E-state index contributed by atoms with van der Waals surface area (Å²) in [6, 6.07) is 5.79. The van der Waals surface area contributed by atoms with E-state index in [0.29, 0.717) is 13.2 Å². The number of methoxy groups -OCH3 is 1. The molecule has 6 nitrogen and oxygen atoms in total. The summed E-state index contributed by atoms with van der Waals surface area (Å²) in [5.74, 6) is -0.225. The van der Waals surface area contributed by atoms with E-state index in [9.17, 15) is 9.59 Å². The van der Waals surface area contributed by atoms with Crippen LogP contribution in [-0.4, -0.2) is 57.1 Å². The normalized spacial score (nSPS) is 10.7. The number of hydrogen-bond acceptors (Lipinski definition) is 4. The summed E-state index contributed by atoms with van der Waals surface area (Å²) in [6.07, 6.45) is 0.777. The SMILES string of the molecule is COCCCNC(=O)CN(C)CC(=O)Nc1cccc(C)c1C. The summed E-state index contributed by atoms with van der Waals surface area (Å²) in [7, 11) is 3.38. The lowest BCUT2D eigenvalue weighted by molar-refractivity contribution is -0.123. The van der Waals surface area contributed by atoms with Crippen LogP contribution < -0.4 is 10.6 Å². The predicted molar refractivity (Wildman–Crippen MR) is 91.5 cm³/mol. The van der Waals surface area contributed by atoms with Crippen molar-refractivity contribution < 1.29 is 14.3 Å². The van der Waals surface area contributed by atoms with Crippen LogP contribution in [0.2, 0.25) is 0 Å². The smallest absolute Gasteiger partial charge is 0.238 e. The highest BCUT2D eigenvalue weighted by Crippen LogP contribution is 2.17. The molecule has 1 aromatic carbocycles. The molecule has 0 atom stereocenters. The molecule has 0 aliphatic carbocycles. The Bertz CT molecular complexity index is 532. The molecule has 0 fully saturated rings. The van der Waals surface area contributed by atoms with Crippen molar-refractivity contribution in [3.8, 4) is 0 Å². The van der Waals surface area contributed by atoms with Gasteiger partial charge in [-0.15, -0.1) is 0 Å². The van der Waals surface area contributed by atoms with Crippen molar-refractivity contribution in [1.29, 1.82) is 0 Å². The van der Waals surface area contributed by atoms with Crippen molar-refractivity contribution >= 4 is 17.5 Å². The Morgan fingerprint density at radius 1 is 1.17 bits per heavy atom. The van der Waals surface area contributed by atoms with Crippen molar-refractivity contribution in [2.24, 2.45) is 0 Å². The van der Waals surface area contributed by atoms with Gasteiger partial charge in [0, 0.05) is 25.9 Å². The van der Waals surface area contributed by atoms with Gasteiger partial charge in [-0.25, -0.2) is 0 Å². The summed E-state index contributed by atoms with van der Waals surface area (Å²) >= 11 is 0. The highest BCUT2D eigenvalue weighted by molar-refractivity contribution is 5.93. The second-order valence-corrected chi connectivity index (χ2v) is 5.66. The van der Waals surface area contributed by atoms with Crippen molar-refractivity contribution in [1.82, 2.24) is 10.2 Å². The minimum atomic E-state index is -0.131. The number of nitrogens with zero attached hydrogens (tertiary/aromatic N) is 1. The number of ether oxygens (including phenoxy) is 1. The molecule has 0 saturated heterocycles. The Morgan fingerprint density at radius 2 is 1.87 bits per heavy atom. The van der Waals surface area contributed by atoms with Crippen molar-refractivity contribution in [3.63, 3.8) is 0 Å². The molecule has 128 valence electrons. The molecular weight excluding hydrogens is 294 g/mol. The number of rotatable bonds is 9. The van der Waals surface area contributed by atoms with Crippen molar-refractivity contribution in [2.45, 2.75) is 20.3 Å². The van der Waals surface area contributed by atoms with E-state index < -0.39 is 0 Å². The quantitative estimate of drug-likeness (QED) is 0.673. The van der Waals surface area contributed by atoms with Gasteiger partial charge in [-0.05, 0) is 44.5 Å². The third kappa shape index (κ3) is 7.25. The fourth-order valence-corrected chi connectivity index (χ4v) is 2.12. The molecule has 0 heterocycles. The Labute approximate surface area is 138 Å². The Kier molecular flexibility index (Phi) is 8.29. The monoisotopic (exact) mass is 321 g/mol. The van der Waals surface area contributed by atoms with E-state index in [1.54, 1.807) is 19.1 Å². The molecule has 0 spiro atoms. The molecule has 1 rings (SSSR count). The molecule has 6 heteroatoms. The molecule has 0 aromatic heterocycles. The Balaban J connectivity index is 2.36. The first-order valence-corrected chi connectivity index (χ1v) is 7.74. The predicted octanol–water partition coefficient (Wildman–Crippen LogP) is 1.33. The minimum Gasteiger partial charge on any atom is -0.385 e. The molecule has 0 aliphatic heterocycles. The average molecular weight is 321 g/mol. The highest BCUT2D eigenvalue weighted by Gasteiger charge is 2.11. The van der Waals surface area contributed by atoms with Gasteiger partial charge in [0.05, 0.1) is 13.1 Å². The van der Waals surface area contributed by atoms with Gasteiger partial charge in [0.2, 0.25) is 11.8 Å². The number of aryl methyl sites for hydroxylation is 1. The number of carbonyl (C=O) groups is 2. The molecule has 2 N–H and O–H groups in total. The van der Waals surface area contributed by atoms with E-state index >= 15 is 0 Å². The molecular formula is C17H27N3O3. The zero-order chi connectivity index (χ0) is 17.2. The van der Waals surface area contributed by atoms with Gasteiger partial charge in [-0.3, -0.25) is 14.5 Å². The summed E-state index contributed by atoms with van der Waals surface area (Å²) in [6.45, 7) is 5.53. The van der Waals surface area contributed by atoms with Crippen LogP contribution in [0.15, 0.2) is 18.2 Å². The molecule has 2 amide bonds. The largest absolute Gasteiger partial charge is 0.385 e. The lowest BCUT2D eigenvalue weighted by atomic mass is 10.1. The maximum absolute atomic E-state index is 12.1. The Hall–Kier alpha value is -1.92. The van der Waals surface area contributed by atoms with E-state index in [1.165, 1.54) is 0 Å². The van der Waals surface area contributed by atoms with Crippen LogP contribution in [0.4, 0.5) is 5.69 Å². The van der Waals surface area contributed by atoms with Gasteiger partial charge in [-0.1, -0.05) is 12.1 Å². The van der Waals surface area contributed by atoms with Gasteiger partial charge < -0.3 is 15.4 Å². The second kappa shape index (κ2) is 9.97. The van der Waals surface area contributed by atoms with Gasteiger partial charge in [-0.2, -0.15) is 0 Å². The van der Waals surface area contributed by atoms with Crippen LogP contribution >= 0.6 is 0 Å². The van der Waals surface area contributed by atoms with E-state index in [-0.39, 0.29) is 24.9 Å². The fourth-order valence-electron chi connectivity index (χ4n) is 2.12. The van der Waals surface area contributed by atoms with Crippen LogP contribution in [0.25, 0.3) is 0 Å². The zero-order valence-corrected chi connectivity index (χ0v) is 14.4. The average Bonchev–Trinajstić information content (AvgIpc) is 2.48. The van der Waals surface area contributed by atoms with E-state index in [1.807, 2.05) is 32.0 Å². The van der Waals surface area contributed by atoms with Gasteiger partial charge >= 0.3 is 0 Å². The first kappa shape index (κ1) is 19.1. The standard InChI is InChI=1S/C17H27N3O3/c1-13-7-5-8-15(14(13)2)19-17(22)12-20(3)11-16(21)18-9-6-10-23-4/h5,7-8H,6,9-12H2,1-4H3,(H,18,21)(H,19,22). The number of hydrogen-bond donors (Lipinski definition) is 2. The molecule has 0 radical (unpaired) electrons. The highest BCUT2D eigenvalue weighted by atomic mass is 16.5. The third-order valence-electron chi connectivity index (χ3n) is 3.55. The molecule has 1 aromatic rings. The van der Waals surface area contributed by atoms with Crippen molar-refractivity contribution in [2.75, 3.05) is 45.7 Å². The second-order valence-electron chi connectivity index (χ2n) is 5.66. The van der Waals surface area contributed by atoms with E-state index in [2.05, 4.69) is 10.6 Å². The summed E-state index contributed by atoms with van der Waals surface area (Å²) in [4.78, 5) is 25.5. The van der Waals surface area contributed by atoms with Crippen LogP contribution in [0, 0.1) is 13.8 Å². The van der Waals surface area contributed by atoms with E-state index in [4.69, 9.17) is 4.74 Å². The topological polar surface area (TPSA) is 70.7 Å². The molecule has 0 bridgehead atoms. The van der Waals surface area contributed by atoms with Crippen LogP contribution in [-0.2, 0) is 14.3 Å².